The summed E-state index contributed by atoms with van der Waals surface area (Å²) in [6.45, 7) is 0. The highest BCUT2D eigenvalue weighted by molar-refractivity contribution is 6.02. The Kier molecular flexibility index (Phi) is 3.19. The first-order chi connectivity index (χ1) is 10.2. The summed E-state index contributed by atoms with van der Waals surface area (Å²) >= 11 is 0. The van der Waals surface area contributed by atoms with Crippen molar-refractivity contribution in [3.63, 3.8) is 0 Å². The van der Waals surface area contributed by atoms with E-state index in [-0.39, 0.29) is 5.78 Å². The zero-order valence-corrected chi connectivity index (χ0v) is 11.4. The lowest BCUT2D eigenvalue weighted by Crippen LogP contribution is -1.97. The van der Waals surface area contributed by atoms with E-state index in [4.69, 9.17) is 4.74 Å². The summed E-state index contributed by atoms with van der Waals surface area (Å²) in [7, 11) is 1.50. The van der Waals surface area contributed by atoms with Crippen molar-refractivity contribution in [2.75, 3.05) is 7.11 Å². The number of carbonyl (C=O) groups excluding carboxylic acids is 1. The number of fused-ring (bicyclic) bond motifs is 1. The van der Waals surface area contributed by atoms with Crippen LogP contribution in [0.2, 0.25) is 0 Å². The van der Waals surface area contributed by atoms with Crippen LogP contribution in [0.3, 0.4) is 0 Å². The fraction of sp³-hybridized carbons (Fsp3) is 0.176. The summed E-state index contributed by atoms with van der Waals surface area (Å²) in [6, 6.07) is 9.84. The molecule has 104 valence electrons. The molecule has 3 nitrogen and oxygen atoms in total. The van der Waals surface area contributed by atoms with Crippen molar-refractivity contribution in [3.8, 4) is 22.9 Å². The Morgan fingerprint density at radius 2 is 1.90 bits per heavy atom. The molecule has 0 spiro atoms. The third-order valence-electron chi connectivity index (χ3n) is 3.79. The van der Waals surface area contributed by atoms with Crippen molar-refractivity contribution in [1.29, 1.82) is 5.26 Å². The van der Waals surface area contributed by atoms with Crippen LogP contribution in [0.15, 0.2) is 30.3 Å². The maximum atomic E-state index is 14.1. The van der Waals surface area contributed by atoms with Gasteiger partial charge in [0.2, 0.25) is 0 Å². The highest BCUT2D eigenvalue weighted by Gasteiger charge is 2.25. The van der Waals surface area contributed by atoms with Gasteiger partial charge in [0, 0.05) is 23.1 Å². The van der Waals surface area contributed by atoms with Crippen molar-refractivity contribution in [3.05, 3.63) is 52.8 Å². The van der Waals surface area contributed by atoms with Gasteiger partial charge in [-0.3, -0.25) is 4.79 Å². The van der Waals surface area contributed by atoms with Gasteiger partial charge >= 0.3 is 0 Å². The van der Waals surface area contributed by atoms with Gasteiger partial charge in [-0.2, -0.15) is 5.26 Å². The first-order valence-corrected chi connectivity index (χ1v) is 6.58. The fourth-order valence-electron chi connectivity index (χ4n) is 2.73. The third-order valence-corrected chi connectivity index (χ3v) is 3.79. The maximum absolute atomic E-state index is 14.1. The molecular weight excluding hydrogens is 269 g/mol. The van der Waals surface area contributed by atoms with Gasteiger partial charge in [0.15, 0.2) is 5.78 Å². The molecule has 0 amide bonds. The predicted molar refractivity (Wildman–Crippen MR) is 75.8 cm³/mol. The number of rotatable bonds is 2. The van der Waals surface area contributed by atoms with Crippen LogP contribution >= 0.6 is 0 Å². The highest BCUT2D eigenvalue weighted by atomic mass is 19.1. The minimum Gasteiger partial charge on any atom is -0.497 e. The van der Waals surface area contributed by atoms with Gasteiger partial charge < -0.3 is 4.74 Å². The van der Waals surface area contributed by atoms with E-state index in [1.807, 2.05) is 0 Å². The van der Waals surface area contributed by atoms with Gasteiger partial charge in [0.1, 0.15) is 17.6 Å². The molecule has 2 aromatic rings. The lowest BCUT2D eigenvalue weighted by Gasteiger charge is -2.11. The molecular formula is C17H12FNO2. The number of nitriles is 1. The van der Waals surface area contributed by atoms with Crippen LogP contribution in [0.4, 0.5) is 4.39 Å². The summed E-state index contributed by atoms with van der Waals surface area (Å²) in [4.78, 5) is 11.7. The number of ketones is 1. The van der Waals surface area contributed by atoms with E-state index in [0.717, 1.165) is 5.56 Å². The van der Waals surface area contributed by atoms with E-state index in [1.54, 1.807) is 18.2 Å². The van der Waals surface area contributed by atoms with E-state index < -0.39 is 5.82 Å². The summed E-state index contributed by atoms with van der Waals surface area (Å²) in [5, 5.41) is 9.43. The topological polar surface area (TPSA) is 50.1 Å². The van der Waals surface area contributed by atoms with E-state index in [0.29, 0.717) is 40.8 Å². The molecule has 0 radical (unpaired) electrons. The van der Waals surface area contributed by atoms with Crippen LogP contribution in [0.1, 0.15) is 27.9 Å². The Labute approximate surface area is 121 Å². The molecule has 3 rings (SSSR count). The Morgan fingerprint density at radius 1 is 1.14 bits per heavy atom. The molecule has 0 saturated heterocycles. The Hall–Kier alpha value is -2.67. The van der Waals surface area contributed by atoms with Crippen molar-refractivity contribution >= 4 is 5.78 Å². The van der Waals surface area contributed by atoms with E-state index in [9.17, 15) is 14.4 Å². The predicted octanol–water partition coefficient (Wildman–Crippen LogP) is 3.50. The standard InChI is InChI=1S/C17H12FNO2/c1-21-10-2-6-16(18)14(8-10)12-3-4-13-11(15(12)9-19)5-7-17(13)20/h2-4,6,8H,5,7H2,1H3. The van der Waals surface area contributed by atoms with Crippen LogP contribution < -0.4 is 4.74 Å². The van der Waals surface area contributed by atoms with Gasteiger partial charge in [0.05, 0.1) is 12.7 Å². The molecule has 0 heterocycles. The third kappa shape index (κ3) is 2.07. The van der Waals surface area contributed by atoms with E-state index in [2.05, 4.69) is 6.07 Å². The fourth-order valence-corrected chi connectivity index (χ4v) is 2.73. The average Bonchev–Trinajstić information content (AvgIpc) is 2.88. The molecule has 1 aliphatic carbocycles. The molecule has 0 bridgehead atoms. The van der Waals surface area contributed by atoms with Crippen molar-refractivity contribution in [2.24, 2.45) is 0 Å². The Morgan fingerprint density at radius 3 is 2.62 bits per heavy atom. The van der Waals surface area contributed by atoms with Crippen LogP contribution in [0.25, 0.3) is 11.1 Å². The second kappa shape index (κ2) is 5.02. The quantitative estimate of drug-likeness (QED) is 0.846. The zero-order chi connectivity index (χ0) is 15.0. The molecule has 4 heteroatoms. The molecule has 0 aromatic heterocycles. The van der Waals surface area contributed by atoms with E-state index in [1.165, 1.54) is 19.2 Å². The normalized spacial score (nSPS) is 12.9. The van der Waals surface area contributed by atoms with Gasteiger partial charge in [-0.15, -0.1) is 0 Å². The van der Waals surface area contributed by atoms with Gasteiger partial charge in [-0.05, 0) is 30.2 Å². The largest absolute Gasteiger partial charge is 0.497 e. The number of carbonyl (C=O) groups is 1. The van der Waals surface area contributed by atoms with Crippen molar-refractivity contribution in [1.82, 2.24) is 0 Å². The summed E-state index contributed by atoms with van der Waals surface area (Å²) < 4.78 is 19.2. The Balaban J connectivity index is 2.25. The molecule has 0 unspecified atom stereocenters. The molecule has 0 atom stereocenters. The first-order valence-electron chi connectivity index (χ1n) is 6.58. The van der Waals surface area contributed by atoms with Crippen LogP contribution in [-0.2, 0) is 6.42 Å². The number of nitrogens with zero attached hydrogens (tertiary/aromatic N) is 1. The zero-order valence-electron chi connectivity index (χ0n) is 11.4. The number of hydrogen-bond acceptors (Lipinski definition) is 3. The molecule has 0 aliphatic heterocycles. The van der Waals surface area contributed by atoms with Gasteiger partial charge in [-0.25, -0.2) is 4.39 Å². The molecule has 21 heavy (non-hydrogen) atoms. The average molecular weight is 281 g/mol. The lowest BCUT2D eigenvalue weighted by molar-refractivity contribution is 0.0994. The van der Waals surface area contributed by atoms with Crippen LogP contribution in [0.5, 0.6) is 5.75 Å². The number of ether oxygens (including phenoxy) is 1. The first kappa shape index (κ1) is 13.3. The number of Topliss-reactive ketones (excluding diaryl/α,β-unsaturated/α-hetero) is 1. The lowest BCUT2D eigenvalue weighted by atomic mass is 9.93. The molecule has 1 aliphatic rings. The van der Waals surface area contributed by atoms with Crippen LogP contribution in [0, 0.1) is 17.1 Å². The minimum absolute atomic E-state index is 0.0409. The second-order valence-electron chi connectivity index (χ2n) is 4.89. The smallest absolute Gasteiger partial charge is 0.163 e. The van der Waals surface area contributed by atoms with Gasteiger partial charge in [-0.1, -0.05) is 12.1 Å². The summed E-state index contributed by atoms with van der Waals surface area (Å²) in [5.41, 5.74) is 2.50. The number of halogens is 1. The monoisotopic (exact) mass is 281 g/mol. The molecule has 0 saturated carbocycles. The van der Waals surface area contributed by atoms with Crippen LogP contribution in [-0.4, -0.2) is 12.9 Å². The summed E-state index contributed by atoms with van der Waals surface area (Å²) in [6.07, 6.45) is 0.949. The highest BCUT2D eigenvalue weighted by Crippen LogP contribution is 2.35. The summed E-state index contributed by atoms with van der Waals surface area (Å²) in [5.74, 6) is 0.141. The molecule has 2 aromatic carbocycles. The SMILES string of the molecule is COc1ccc(F)c(-c2ccc3c(c2C#N)CCC3=O)c1. The maximum Gasteiger partial charge on any atom is 0.163 e. The Bertz CT molecular complexity index is 790. The minimum atomic E-state index is -0.420. The number of methoxy groups -OCH3 is 1. The molecule has 0 fully saturated rings. The number of benzene rings is 2. The van der Waals surface area contributed by atoms with Crippen molar-refractivity contribution in [2.45, 2.75) is 12.8 Å². The van der Waals surface area contributed by atoms with Crippen molar-refractivity contribution < 1.29 is 13.9 Å². The number of hydrogen-bond donors (Lipinski definition) is 0. The van der Waals surface area contributed by atoms with E-state index >= 15 is 0 Å². The van der Waals surface area contributed by atoms with Gasteiger partial charge in [0.25, 0.3) is 0 Å². The second-order valence-corrected chi connectivity index (χ2v) is 4.89. The molecule has 0 N–H and O–H groups in total.